The van der Waals surface area contributed by atoms with Crippen molar-refractivity contribution in [3.63, 3.8) is 0 Å². The molecule has 0 aromatic heterocycles. The summed E-state index contributed by atoms with van der Waals surface area (Å²) >= 11 is 0. The van der Waals surface area contributed by atoms with Crippen LogP contribution in [0.15, 0.2) is 47.5 Å². The zero-order valence-electron chi connectivity index (χ0n) is 35.9. The van der Waals surface area contributed by atoms with Crippen molar-refractivity contribution in [1.82, 2.24) is 10.6 Å². The van der Waals surface area contributed by atoms with E-state index in [-0.39, 0.29) is 40.6 Å². The van der Waals surface area contributed by atoms with Crippen molar-refractivity contribution in [3.05, 3.63) is 53.6 Å². The molecule has 5 atom stereocenters. The summed E-state index contributed by atoms with van der Waals surface area (Å²) in [5.74, 6) is 3.55. The number of hydrogen-bond acceptors (Lipinski definition) is 11. The number of aliphatic hydroxyl groups excluding tert-OH is 1. The number of fused-ring (bicyclic) bond motifs is 4. The number of phenols is 2. The van der Waals surface area contributed by atoms with Crippen LogP contribution in [-0.4, -0.2) is 84.4 Å². The highest BCUT2D eigenvalue weighted by Gasteiger charge is 2.48. The molecule has 13 heteroatoms. The van der Waals surface area contributed by atoms with Crippen molar-refractivity contribution in [3.8, 4) is 23.0 Å². The van der Waals surface area contributed by atoms with Gasteiger partial charge in [0.1, 0.15) is 5.60 Å². The van der Waals surface area contributed by atoms with E-state index in [4.69, 9.17) is 14.2 Å². The molecule has 330 valence electrons. The van der Waals surface area contributed by atoms with Crippen molar-refractivity contribution >= 4 is 39.0 Å². The molecule has 1 heterocycles. The monoisotopic (exact) mass is 864 g/mol. The first-order chi connectivity index (χ1) is 29.1. The van der Waals surface area contributed by atoms with Gasteiger partial charge in [-0.05, 0) is 136 Å². The fourth-order valence-electron chi connectivity index (χ4n) is 11.1. The highest BCUT2D eigenvalue weighted by molar-refractivity contribution is 8.76. The van der Waals surface area contributed by atoms with Gasteiger partial charge < -0.3 is 45.5 Å². The first-order valence-electron chi connectivity index (χ1n) is 22.4. The number of carbonyl (C=O) groups excluding carboxylic acids is 1. The molecular formula is C47H68N4O7S2. The number of ketones is 1. The van der Waals surface area contributed by atoms with Crippen LogP contribution in [0.5, 0.6) is 23.0 Å². The zero-order valence-corrected chi connectivity index (χ0v) is 37.6. The van der Waals surface area contributed by atoms with Crippen molar-refractivity contribution in [2.24, 2.45) is 22.2 Å². The summed E-state index contributed by atoms with van der Waals surface area (Å²) in [5.41, 5.74) is 1.21. The van der Waals surface area contributed by atoms with Gasteiger partial charge in [-0.1, -0.05) is 72.3 Å². The number of hydrogen-bond donors (Lipinski definition) is 6. The Morgan fingerprint density at radius 3 is 2.55 bits per heavy atom. The van der Waals surface area contributed by atoms with Crippen molar-refractivity contribution in [2.45, 2.75) is 139 Å². The number of nitrogens with zero attached hydrogens (tertiary/aromatic N) is 1. The number of aromatic hydroxyl groups is 2. The Balaban J connectivity index is 1.19. The number of guanidine groups is 1. The van der Waals surface area contributed by atoms with Crippen molar-refractivity contribution in [1.29, 1.82) is 0 Å². The first-order valence-corrected chi connectivity index (χ1v) is 24.9. The third kappa shape index (κ3) is 10.4. The molecule has 7 rings (SSSR count). The number of phenolic OH excluding ortho intramolecular Hbond substituents is 2. The number of aliphatic hydroxyl groups is 1. The zero-order chi connectivity index (χ0) is 42.2. The number of allylic oxidation sites excluding steroid dienone is 2. The summed E-state index contributed by atoms with van der Waals surface area (Å²) in [6, 6.07) is 9.58. The van der Waals surface area contributed by atoms with E-state index in [1.807, 2.05) is 25.3 Å². The Hall–Kier alpha value is -3.10. The standard InChI is InChI=1S/C47H68N4O7S2/c1-48-30-46(22-17-33(27-46)24-42(54)57-36-12-5-4-6-13-36)58-40-26-35-25-37(43(40)55)51-44(49-2)50-31-60-59-29-34-11-9-21-47(34,28-32-15-16-38(52)39(23-32)56-3)41(53)14-10-20-45(35)18-7-8-19-45/h10,14-16,23,25-26,33-34,36,42,48,52,54-55H,4-9,11-13,17-22,24,27-31H2,1-3H3,(H2,49,50,51)/b14-10+/t33-,34-,42-,46+,47+/m1/s1. The molecule has 4 saturated carbocycles. The minimum atomic E-state index is -0.788. The first kappa shape index (κ1) is 44.9. The van der Waals surface area contributed by atoms with Gasteiger partial charge in [0, 0.05) is 31.2 Å². The number of benzene rings is 2. The van der Waals surface area contributed by atoms with Gasteiger partial charge in [0.2, 0.25) is 0 Å². The summed E-state index contributed by atoms with van der Waals surface area (Å²) in [7, 11) is 8.70. The van der Waals surface area contributed by atoms with Gasteiger partial charge in [-0.2, -0.15) is 0 Å². The lowest BCUT2D eigenvalue weighted by molar-refractivity contribution is -0.152. The van der Waals surface area contributed by atoms with E-state index >= 15 is 0 Å². The summed E-state index contributed by atoms with van der Waals surface area (Å²) in [6.07, 6.45) is 20.1. The lowest BCUT2D eigenvalue weighted by atomic mass is 9.70. The van der Waals surface area contributed by atoms with Crippen LogP contribution in [0.4, 0.5) is 5.69 Å². The molecule has 0 amide bonds. The topological polar surface area (TPSA) is 154 Å². The van der Waals surface area contributed by atoms with Crippen LogP contribution in [0.3, 0.4) is 0 Å². The number of methoxy groups -OCH3 is 1. The second-order valence-corrected chi connectivity index (χ2v) is 20.7. The molecule has 0 unspecified atom stereocenters. The van der Waals surface area contributed by atoms with E-state index in [0.717, 1.165) is 107 Å². The van der Waals surface area contributed by atoms with E-state index in [1.165, 1.54) is 6.42 Å². The molecule has 1 aliphatic heterocycles. The predicted molar refractivity (Wildman–Crippen MR) is 243 cm³/mol. The van der Waals surface area contributed by atoms with E-state index in [9.17, 15) is 20.1 Å². The maximum Gasteiger partial charge on any atom is 0.196 e. The van der Waals surface area contributed by atoms with Gasteiger partial charge >= 0.3 is 0 Å². The van der Waals surface area contributed by atoms with Gasteiger partial charge in [-0.25, -0.2) is 0 Å². The van der Waals surface area contributed by atoms with Gasteiger partial charge in [-0.15, -0.1) is 0 Å². The number of likely N-dealkylation sites (N-methyl/N-ethyl adjacent to an activating group) is 1. The largest absolute Gasteiger partial charge is 0.504 e. The molecule has 5 aliphatic rings. The van der Waals surface area contributed by atoms with E-state index in [1.54, 1.807) is 41.8 Å². The highest BCUT2D eigenvalue weighted by atomic mass is 33.1. The quantitative estimate of drug-likeness (QED) is 0.0726. The Morgan fingerprint density at radius 2 is 1.78 bits per heavy atom. The van der Waals surface area contributed by atoms with E-state index in [0.29, 0.717) is 54.8 Å². The molecule has 1 spiro atoms. The second-order valence-electron chi connectivity index (χ2n) is 18.2. The normalized spacial score (nSPS) is 29.4. The van der Waals surface area contributed by atoms with Crippen LogP contribution < -0.4 is 25.4 Å². The molecule has 4 aliphatic carbocycles. The van der Waals surface area contributed by atoms with Gasteiger partial charge in [0.15, 0.2) is 41.0 Å². The number of rotatable bonds is 11. The molecule has 0 radical (unpaired) electrons. The molecular weight excluding hydrogens is 797 g/mol. The lowest BCUT2D eigenvalue weighted by Crippen LogP contribution is -2.43. The van der Waals surface area contributed by atoms with Crippen molar-refractivity contribution < 1.29 is 34.3 Å². The second kappa shape index (κ2) is 20.4. The molecule has 2 aromatic rings. The number of ether oxygens (including phenoxy) is 3. The minimum Gasteiger partial charge on any atom is -0.504 e. The van der Waals surface area contributed by atoms with Gasteiger partial charge in [0.05, 0.1) is 24.8 Å². The summed E-state index contributed by atoms with van der Waals surface area (Å²) in [5, 5.41) is 43.6. The minimum absolute atomic E-state index is 0.0423. The number of anilines is 1. The van der Waals surface area contributed by atoms with Gasteiger partial charge in [-0.3, -0.25) is 9.79 Å². The molecule has 6 N–H and O–H groups in total. The predicted octanol–water partition coefficient (Wildman–Crippen LogP) is 9.00. The smallest absolute Gasteiger partial charge is 0.196 e. The summed E-state index contributed by atoms with van der Waals surface area (Å²) in [4.78, 5) is 19.3. The Kier molecular flexibility index (Phi) is 15.3. The Bertz CT molecular complexity index is 1830. The summed E-state index contributed by atoms with van der Waals surface area (Å²) in [6.45, 7) is 0.600. The van der Waals surface area contributed by atoms with Crippen LogP contribution in [0.2, 0.25) is 0 Å². The molecule has 11 nitrogen and oxygen atoms in total. The molecule has 2 bridgehead atoms. The van der Waals surface area contributed by atoms with Crippen LogP contribution >= 0.6 is 21.6 Å². The average molecular weight is 865 g/mol. The molecule has 2 aromatic carbocycles. The average Bonchev–Trinajstić information content (AvgIpc) is 3.99. The SMILES string of the molecule is CN=C1NCSSC[C@H]2CCC[C@@]2(Cc2ccc(O)c(OC)c2)C(=O)/C=C/CC2(CCCC2)c2cc(c(O)c(O[C@@]3(CNC)CC[C@H](C[C@H](O)OC4CCCCC4)C3)c2)N1. The third-order valence-corrected chi connectivity index (χ3v) is 16.5. The van der Waals surface area contributed by atoms with E-state index in [2.05, 4.69) is 39.2 Å². The maximum atomic E-state index is 14.7. The van der Waals surface area contributed by atoms with Gasteiger partial charge in [0.25, 0.3) is 0 Å². The van der Waals surface area contributed by atoms with Crippen molar-refractivity contribution in [2.75, 3.05) is 44.7 Å². The molecule has 0 saturated heterocycles. The fourth-order valence-corrected chi connectivity index (χ4v) is 13.4. The van der Waals surface area contributed by atoms with Crippen LogP contribution in [0, 0.1) is 17.3 Å². The van der Waals surface area contributed by atoms with Crippen LogP contribution in [0.25, 0.3) is 0 Å². The lowest BCUT2D eigenvalue weighted by Gasteiger charge is -2.34. The van der Waals surface area contributed by atoms with Crippen LogP contribution in [-0.2, 0) is 21.4 Å². The molecule has 60 heavy (non-hydrogen) atoms. The Labute approximate surface area is 365 Å². The third-order valence-electron chi connectivity index (χ3n) is 14.3. The number of nitrogens with one attached hydrogen (secondary N) is 3. The fraction of sp³-hybridized carbons (Fsp3) is 0.660. The number of aliphatic imine (C=N–C) groups is 1. The number of carbonyl (C=O) groups is 1. The van der Waals surface area contributed by atoms with E-state index < -0.39 is 17.3 Å². The maximum absolute atomic E-state index is 14.7. The van der Waals surface area contributed by atoms with Crippen LogP contribution in [0.1, 0.15) is 120 Å². The summed E-state index contributed by atoms with van der Waals surface area (Å²) < 4.78 is 18.6. The Morgan fingerprint density at radius 1 is 0.967 bits per heavy atom. The molecule has 4 fully saturated rings. The highest BCUT2D eigenvalue weighted by Crippen LogP contribution is 2.52.